The molecular weight excluding hydrogens is 390 g/mol. The summed E-state index contributed by atoms with van der Waals surface area (Å²) in [4.78, 5) is 22.7. The minimum Gasteiger partial charge on any atom is -0.342 e. The third-order valence-electron chi connectivity index (χ3n) is 4.43. The van der Waals surface area contributed by atoms with Gasteiger partial charge >= 0.3 is 0 Å². The molecule has 0 aliphatic rings. The minimum atomic E-state index is -0.418. The molecule has 0 fully saturated rings. The molecule has 3 aromatic rings. The lowest BCUT2D eigenvalue weighted by Gasteiger charge is -2.13. The second-order valence-corrected chi connectivity index (χ2v) is 7.62. The van der Waals surface area contributed by atoms with E-state index in [1.54, 1.807) is 24.3 Å². The Bertz CT molecular complexity index is 1020. The summed E-state index contributed by atoms with van der Waals surface area (Å²) in [5.41, 5.74) is 2.71. The van der Waals surface area contributed by atoms with Crippen LogP contribution < -0.4 is 5.32 Å². The van der Waals surface area contributed by atoms with Crippen molar-refractivity contribution < 1.29 is 9.72 Å². The largest absolute Gasteiger partial charge is 0.342 e. The molecule has 2 aromatic carbocycles. The fourth-order valence-corrected chi connectivity index (χ4v) is 3.61. The maximum atomic E-state index is 12.4. The number of nitrogens with zero attached hydrogens (tertiary/aromatic N) is 4. The average Bonchev–Trinajstić information content (AvgIpc) is 3.07. The molecule has 8 nitrogen and oxygen atoms in total. The molecule has 9 heteroatoms. The number of hydrogen-bond donors (Lipinski definition) is 1. The van der Waals surface area contributed by atoms with Crippen molar-refractivity contribution in [2.75, 3.05) is 0 Å². The topological polar surface area (TPSA) is 103 Å². The van der Waals surface area contributed by atoms with Crippen LogP contribution in [-0.2, 0) is 12.8 Å². The van der Waals surface area contributed by atoms with Gasteiger partial charge < -0.3 is 9.88 Å². The summed E-state index contributed by atoms with van der Waals surface area (Å²) < 4.78 is 1.84. The first-order chi connectivity index (χ1) is 13.8. The predicted molar refractivity (Wildman–Crippen MR) is 111 cm³/mol. The van der Waals surface area contributed by atoms with Gasteiger partial charge in [-0.25, -0.2) is 0 Å². The van der Waals surface area contributed by atoms with Crippen LogP contribution in [0.2, 0.25) is 0 Å². The maximum Gasteiger partial charge on any atom is 0.269 e. The van der Waals surface area contributed by atoms with Crippen molar-refractivity contribution in [2.24, 2.45) is 7.05 Å². The van der Waals surface area contributed by atoms with E-state index in [4.69, 9.17) is 0 Å². The fourth-order valence-electron chi connectivity index (χ4n) is 2.74. The first kappa shape index (κ1) is 20.5. The molecule has 1 atom stereocenters. The molecule has 1 N–H and O–H groups in total. The number of aromatic nitrogens is 3. The number of carbonyl (C=O) groups excluding carboxylic acids is 1. The number of benzene rings is 2. The first-order valence-corrected chi connectivity index (χ1v) is 9.96. The lowest BCUT2D eigenvalue weighted by molar-refractivity contribution is -0.384. The molecule has 0 aliphatic heterocycles. The highest BCUT2D eigenvalue weighted by molar-refractivity contribution is 7.98. The Morgan fingerprint density at radius 3 is 2.45 bits per heavy atom. The van der Waals surface area contributed by atoms with Gasteiger partial charge in [0, 0.05) is 30.5 Å². The van der Waals surface area contributed by atoms with Gasteiger partial charge in [0.15, 0.2) is 11.0 Å². The van der Waals surface area contributed by atoms with Crippen LogP contribution in [0.25, 0.3) is 0 Å². The number of hydrogen-bond acceptors (Lipinski definition) is 6. The van der Waals surface area contributed by atoms with E-state index < -0.39 is 4.92 Å². The third-order valence-corrected chi connectivity index (χ3v) is 5.52. The Balaban J connectivity index is 1.62. The number of non-ortho nitro benzene ring substituents is 1. The molecule has 1 aromatic heterocycles. The zero-order chi connectivity index (χ0) is 21.0. The molecule has 0 saturated carbocycles. The molecule has 0 unspecified atom stereocenters. The summed E-state index contributed by atoms with van der Waals surface area (Å²) in [6.45, 7) is 3.83. The number of nitrogens with one attached hydrogen (secondary N) is 1. The molecule has 29 heavy (non-hydrogen) atoms. The van der Waals surface area contributed by atoms with E-state index in [1.165, 1.54) is 23.9 Å². The van der Waals surface area contributed by atoms with E-state index in [-0.39, 0.29) is 17.6 Å². The first-order valence-electron chi connectivity index (χ1n) is 8.98. The van der Waals surface area contributed by atoms with Gasteiger partial charge in [-0.2, -0.15) is 0 Å². The van der Waals surface area contributed by atoms with Crippen molar-refractivity contribution in [1.29, 1.82) is 0 Å². The van der Waals surface area contributed by atoms with Gasteiger partial charge in [0.1, 0.15) is 0 Å². The van der Waals surface area contributed by atoms with Crippen molar-refractivity contribution in [3.63, 3.8) is 0 Å². The molecule has 0 spiro atoms. The molecule has 1 heterocycles. The zero-order valence-electron chi connectivity index (χ0n) is 16.3. The molecule has 1 amide bonds. The second-order valence-electron chi connectivity index (χ2n) is 6.67. The maximum absolute atomic E-state index is 12.4. The SMILES string of the molecule is Cc1ccc(C(=O)N[C@H](C)c2nnc(SCc3ccc([N+](=O)[O-])cc3)n2C)cc1. The average molecular weight is 411 g/mol. The molecule has 0 radical (unpaired) electrons. The third kappa shape index (κ3) is 5.00. The van der Waals surface area contributed by atoms with Crippen LogP contribution in [0.5, 0.6) is 0 Å². The van der Waals surface area contributed by atoms with Gasteiger partial charge in [0.25, 0.3) is 11.6 Å². The Morgan fingerprint density at radius 1 is 1.17 bits per heavy atom. The highest BCUT2D eigenvalue weighted by Gasteiger charge is 2.18. The monoisotopic (exact) mass is 411 g/mol. The number of carbonyl (C=O) groups is 1. The van der Waals surface area contributed by atoms with Gasteiger partial charge in [0.2, 0.25) is 0 Å². The number of nitro groups is 1. The van der Waals surface area contributed by atoms with Crippen LogP contribution in [0.15, 0.2) is 53.7 Å². The van der Waals surface area contributed by atoms with Crippen LogP contribution in [-0.4, -0.2) is 25.6 Å². The van der Waals surface area contributed by atoms with Gasteiger partial charge in [-0.15, -0.1) is 10.2 Å². The minimum absolute atomic E-state index is 0.0674. The van der Waals surface area contributed by atoms with E-state index in [0.29, 0.717) is 22.3 Å². The van der Waals surface area contributed by atoms with Crippen molar-refractivity contribution in [1.82, 2.24) is 20.1 Å². The lowest BCUT2D eigenvalue weighted by Crippen LogP contribution is -2.28. The standard InChI is InChI=1S/C20H21N5O3S/c1-13-4-8-16(9-5-13)19(26)21-14(2)18-22-23-20(24(18)3)29-12-15-6-10-17(11-7-15)25(27)28/h4-11,14H,12H2,1-3H3,(H,21,26)/t14-/m1/s1. The van der Waals surface area contributed by atoms with Gasteiger partial charge in [0.05, 0.1) is 11.0 Å². The number of rotatable bonds is 7. The highest BCUT2D eigenvalue weighted by atomic mass is 32.2. The van der Waals surface area contributed by atoms with Gasteiger partial charge in [-0.05, 0) is 31.5 Å². The lowest BCUT2D eigenvalue weighted by atomic mass is 10.1. The van der Waals surface area contributed by atoms with Crippen molar-refractivity contribution >= 4 is 23.4 Å². The van der Waals surface area contributed by atoms with Crippen molar-refractivity contribution in [3.8, 4) is 0 Å². The highest BCUT2D eigenvalue weighted by Crippen LogP contribution is 2.24. The molecular formula is C20H21N5O3S. The van der Waals surface area contributed by atoms with Crippen LogP contribution in [0.1, 0.15) is 40.3 Å². The number of amides is 1. The summed E-state index contributed by atoms with van der Waals surface area (Å²) in [6, 6.07) is 13.5. The number of aryl methyl sites for hydroxylation is 1. The van der Waals surface area contributed by atoms with Crippen molar-refractivity contribution in [2.45, 2.75) is 30.8 Å². The molecule has 150 valence electrons. The Hall–Kier alpha value is -3.20. The predicted octanol–water partition coefficient (Wildman–Crippen LogP) is 3.82. The van der Waals surface area contributed by atoms with E-state index in [9.17, 15) is 14.9 Å². The summed E-state index contributed by atoms with van der Waals surface area (Å²) in [7, 11) is 1.85. The van der Waals surface area contributed by atoms with Gasteiger partial charge in [-0.1, -0.05) is 41.6 Å². The number of thioether (sulfide) groups is 1. The Kier molecular flexibility index (Phi) is 6.28. The Labute approximate surface area is 172 Å². The fraction of sp³-hybridized carbons (Fsp3) is 0.250. The molecule has 0 bridgehead atoms. The normalized spacial score (nSPS) is 11.8. The molecule has 0 aliphatic carbocycles. The van der Waals surface area contributed by atoms with Crippen molar-refractivity contribution in [3.05, 3.63) is 81.2 Å². The number of nitro benzene ring substituents is 1. The van der Waals surface area contributed by atoms with Crippen LogP contribution >= 0.6 is 11.8 Å². The quantitative estimate of drug-likeness (QED) is 0.360. The molecule has 0 saturated heterocycles. The van der Waals surface area contributed by atoms with E-state index in [2.05, 4.69) is 15.5 Å². The van der Waals surface area contributed by atoms with Crippen LogP contribution in [0.4, 0.5) is 5.69 Å². The summed E-state index contributed by atoms with van der Waals surface area (Å²) in [6.07, 6.45) is 0. The summed E-state index contributed by atoms with van der Waals surface area (Å²) in [5, 5.41) is 22.8. The smallest absolute Gasteiger partial charge is 0.269 e. The van der Waals surface area contributed by atoms with Gasteiger partial charge in [-0.3, -0.25) is 14.9 Å². The molecule has 3 rings (SSSR count). The van der Waals surface area contributed by atoms with E-state index in [0.717, 1.165) is 11.1 Å². The zero-order valence-corrected chi connectivity index (χ0v) is 17.1. The van der Waals surface area contributed by atoms with Crippen LogP contribution in [0.3, 0.4) is 0 Å². The van der Waals surface area contributed by atoms with E-state index >= 15 is 0 Å². The van der Waals surface area contributed by atoms with E-state index in [1.807, 2.05) is 37.6 Å². The second kappa shape index (κ2) is 8.87. The van der Waals surface area contributed by atoms with Crippen LogP contribution in [0, 0.1) is 17.0 Å². The Morgan fingerprint density at radius 2 is 1.83 bits per heavy atom. The summed E-state index contributed by atoms with van der Waals surface area (Å²) in [5.74, 6) is 1.09. The summed E-state index contributed by atoms with van der Waals surface area (Å²) >= 11 is 1.48.